The smallest absolute Gasteiger partial charge is 0.265 e. The van der Waals surface area contributed by atoms with Gasteiger partial charge in [-0.25, -0.2) is 0 Å². The van der Waals surface area contributed by atoms with Gasteiger partial charge < -0.3 is 20.1 Å². The van der Waals surface area contributed by atoms with Crippen molar-refractivity contribution in [3.63, 3.8) is 0 Å². The minimum absolute atomic E-state index is 0.0383. The van der Waals surface area contributed by atoms with Crippen molar-refractivity contribution in [2.45, 2.75) is 18.9 Å². The van der Waals surface area contributed by atoms with Gasteiger partial charge in [0.2, 0.25) is 0 Å². The third-order valence-electron chi connectivity index (χ3n) is 3.34. The van der Waals surface area contributed by atoms with Crippen molar-refractivity contribution < 1.29 is 14.3 Å². The van der Waals surface area contributed by atoms with E-state index >= 15 is 0 Å². The van der Waals surface area contributed by atoms with Crippen molar-refractivity contribution in [3.05, 3.63) is 18.2 Å². The fourth-order valence-corrected chi connectivity index (χ4v) is 2.41. The third kappa shape index (κ3) is 2.01. The summed E-state index contributed by atoms with van der Waals surface area (Å²) in [6.07, 6.45) is 2.19. The van der Waals surface area contributed by atoms with Crippen LogP contribution in [0, 0.1) is 0 Å². The first-order valence-corrected chi connectivity index (χ1v) is 6.18. The van der Waals surface area contributed by atoms with Gasteiger partial charge in [-0.1, -0.05) is 0 Å². The quantitative estimate of drug-likeness (QED) is 0.798. The van der Waals surface area contributed by atoms with E-state index in [1.807, 2.05) is 0 Å². The van der Waals surface area contributed by atoms with Crippen molar-refractivity contribution >= 4 is 17.3 Å². The monoisotopic (exact) mass is 248 g/mol. The van der Waals surface area contributed by atoms with Crippen LogP contribution in [0.3, 0.4) is 0 Å². The lowest BCUT2D eigenvalue weighted by Crippen LogP contribution is -2.43. The summed E-state index contributed by atoms with van der Waals surface area (Å²) in [7, 11) is 0. The lowest BCUT2D eigenvalue weighted by atomic mass is 10.1. The van der Waals surface area contributed by atoms with Gasteiger partial charge in [0.15, 0.2) is 6.61 Å². The van der Waals surface area contributed by atoms with Crippen LogP contribution in [-0.2, 0) is 9.53 Å². The molecule has 1 aromatic carbocycles. The highest BCUT2D eigenvalue weighted by atomic mass is 16.5. The minimum atomic E-state index is -0.0383. The molecule has 2 N–H and O–H groups in total. The molecule has 2 aliphatic rings. The van der Waals surface area contributed by atoms with Crippen LogP contribution in [0.1, 0.15) is 12.8 Å². The molecule has 2 heterocycles. The number of hydrogen-bond acceptors (Lipinski definition) is 4. The molecule has 18 heavy (non-hydrogen) atoms. The van der Waals surface area contributed by atoms with Gasteiger partial charge in [-0.05, 0) is 31.0 Å². The van der Waals surface area contributed by atoms with Crippen LogP contribution < -0.4 is 15.4 Å². The zero-order valence-corrected chi connectivity index (χ0v) is 10.1. The Labute approximate surface area is 105 Å². The van der Waals surface area contributed by atoms with Crippen molar-refractivity contribution in [1.82, 2.24) is 0 Å². The fourth-order valence-electron chi connectivity index (χ4n) is 2.41. The van der Waals surface area contributed by atoms with Crippen molar-refractivity contribution in [2.75, 3.05) is 30.4 Å². The average molecular weight is 248 g/mol. The van der Waals surface area contributed by atoms with Gasteiger partial charge in [-0.2, -0.15) is 0 Å². The van der Waals surface area contributed by atoms with Gasteiger partial charge in [-0.3, -0.25) is 4.79 Å². The summed E-state index contributed by atoms with van der Waals surface area (Å²) in [5.74, 6) is 0.672. The average Bonchev–Trinajstić information content (AvgIpc) is 2.86. The molecule has 1 fully saturated rings. The standard InChI is InChI=1S/C13H16N2O3/c14-9-3-4-12-11(6-9)15(13(16)8-18-12)7-10-2-1-5-17-10/h3-4,6,10H,1-2,5,7-8,14H2. The van der Waals surface area contributed by atoms with Crippen molar-refractivity contribution in [3.8, 4) is 5.75 Å². The van der Waals surface area contributed by atoms with Crippen LogP contribution in [-0.4, -0.2) is 31.8 Å². The maximum absolute atomic E-state index is 12.0. The molecule has 2 aliphatic heterocycles. The Hall–Kier alpha value is -1.75. The molecule has 0 bridgehead atoms. The molecule has 96 valence electrons. The summed E-state index contributed by atoms with van der Waals surface area (Å²) >= 11 is 0. The second-order valence-electron chi connectivity index (χ2n) is 4.66. The van der Waals surface area contributed by atoms with Gasteiger partial charge in [0.25, 0.3) is 5.91 Å². The van der Waals surface area contributed by atoms with Gasteiger partial charge in [-0.15, -0.1) is 0 Å². The van der Waals surface area contributed by atoms with E-state index in [0.717, 1.165) is 25.1 Å². The summed E-state index contributed by atoms with van der Waals surface area (Å²) in [4.78, 5) is 13.7. The number of rotatable bonds is 2. The molecule has 1 amide bonds. The van der Waals surface area contributed by atoms with Gasteiger partial charge in [0, 0.05) is 12.3 Å². The van der Waals surface area contributed by atoms with Crippen LogP contribution in [0.15, 0.2) is 18.2 Å². The molecule has 5 nitrogen and oxygen atoms in total. The SMILES string of the molecule is Nc1ccc2c(c1)N(CC1CCCO1)C(=O)CO2. The fraction of sp³-hybridized carbons (Fsp3) is 0.462. The Bertz CT molecular complexity index is 469. The second-order valence-corrected chi connectivity index (χ2v) is 4.66. The van der Waals surface area contributed by atoms with Crippen molar-refractivity contribution in [1.29, 1.82) is 0 Å². The first-order valence-electron chi connectivity index (χ1n) is 6.18. The van der Waals surface area contributed by atoms with Crippen LogP contribution in [0.2, 0.25) is 0 Å². The topological polar surface area (TPSA) is 64.8 Å². The van der Waals surface area contributed by atoms with E-state index in [1.165, 1.54) is 0 Å². The molecule has 1 unspecified atom stereocenters. The highest BCUT2D eigenvalue weighted by molar-refractivity contribution is 5.98. The molecular weight excluding hydrogens is 232 g/mol. The van der Waals surface area contributed by atoms with Gasteiger partial charge in [0.1, 0.15) is 5.75 Å². The zero-order valence-electron chi connectivity index (χ0n) is 10.1. The predicted molar refractivity (Wildman–Crippen MR) is 67.7 cm³/mol. The number of ether oxygens (including phenoxy) is 2. The molecule has 1 aromatic rings. The van der Waals surface area contributed by atoms with Crippen LogP contribution >= 0.6 is 0 Å². The first kappa shape index (κ1) is 11.3. The number of benzene rings is 1. The Kier molecular flexibility index (Phi) is 2.83. The lowest BCUT2D eigenvalue weighted by molar-refractivity contribution is -0.121. The number of nitrogens with zero attached hydrogens (tertiary/aromatic N) is 1. The highest BCUT2D eigenvalue weighted by Gasteiger charge is 2.29. The Balaban J connectivity index is 1.88. The van der Waals surface area contributed by atoms with E-state index < -0.39 is 0 Å². The van der Waals surface area contributed by atoms with E-state index in [2.05, 4.69) is 0 Å². The predicted octanol–water partition coefficient (Wildman–Crippen LogP) is 1.17. The van der Waals surface area contributed by atoms with Gasteiger partial charge >= 0.3 is 0 Å². The molecule has 0 radical (unpaired) electrons. The number of nitrogens with two attached hydrogens (primary N) is 1. The van der Waals surface area contributed by atoms with Gasteiger partial charge in [0.05, 0.1) is 18.3 Å². The molecule has 0 spiro atoms. The summed E-state index contributed by atoms with van der Waals surface area (Å²) in [5.41, 5.74) is 7.15. The highest BCUT2D eigenvalue weighted by Crippen LogP contribution is 2.34. The number of hydrogen-bond donors (Lipinski definition) is 1. The molecule has 5 heteroatoms. The Morgan fingerprint density at radius 3 is 3.11 bits per heavy atom. The molecule has 0 aliphatic carbocycles. The molecule has 0 saturated carbocycles. The van der Waals surface area contributed by atoms with Crippen molar-refractivity contribution in [2.24, 2.45) is 0 Å². The normalized spacial score (nSPS) is 22.8. The number of carbonyl (C=O) groups is 1. The summed E-state index contributed by atoms with van der Waals surface area (Å²) < 4.78 is 11.0. The Morgan fingerprint density at radius 2 is 2.33 bits per heavy atom. The number of nitrogen functional groups attached to an aromatic ring is 1. The summed E-state index contributed by atoms with van der Waals surface area (Å²) in [6.45, 7) is 1.45. The number of carbonyl (C=O) groups excluding carboxylic acids is 1. The number of fused-ring (bicyclic) bond motifs is 1. The largest absolute Gasteiger partial charge is 0.482 e. The molecule has 0 aromatic heterocycles. The lowest BCUT2D eigenvalue weighted by Gasteiger charge is -2.31. The first-order chi connectivity index (χ1) is 8.74. The summed E-state index contributed by atoms with van der Waals surface area (Å²) in [5, 5.41) is 0. The number of amides is 1. The van der Waals surface area contributed by atoms with E-state index in [-0.39, 0.29) is 18.6 Å². The molecule has 1 atom stereocenters. The Morgan fingerprint density at radius 1 is 1.44 bits per heavy atom. The maximum Gasteiger partial charge on any atom is 0.265 e. The molecule has 3 rings (SSSR count). The zero-order chi connectivity index (χ0) is 12.5. The van der Waals surface area contributed by atoms with E-state index in [1.54, 1.807) is 23.1 Å². The second kappa shape index (κ2) is 4.49. The van der Waals surface area contributed by atoms with E-state index in [4.69, 9.17) is 15.2 Å². The molecular formula is C13H16N2O3. The third-order valence-corrected chi connectivity index (χ3v) is 3.34. The maximum atomic E-state index is 12.0. The number of anilines is 2. The minimum Gasteiger partial charge on any atom is -0.482 e. The van der Waals surface area contributed by atoms with Crippen LogP contribution in [0.4, 0.5) is 11.4 Å². The van der Waals surface area contributed by atoms with E-state index in [0.29, 0.717) is 18.0 Å². The van der Waals surface area contributed by atoms with Crippen LogP contribution in [0.25, 0.3) is 0 Å². The summed E-state index contributed by atoms with van der Waals surface area (Å²) in [6, 6.07) is 5.36. The molecule has 1 saturated heterocycles. The van der Waals surface area contributed by atoms with Crippen LogP contribution in [0.5, 0.6) is 5.75 Å². The van der Waals surface area contributed by atoms with E-state index in [9.17, 15) is 4.79 Å².